The molecule has 0 atom stereocenters. The molecule has 1 saturated heterocycles. The van der Waals surface area contributed by atoms with Crippen molar-refractivity contribution in [1.29, 1.82) is 0 Å². The summed E-state index contributed by atoms with van der Waals surface area (Å²) >= 11 is 0. The van der Waals surface area contributed by atoms with Crippen molar-refractivity contribution < 1.29 is 17.9 Å². The molecule has 1 amide bonds. The summed E-state index contributed by atoms with van der Waals surface area (Å²) in [5.74, 6) is 0.708. The first-order valence-corrected chi connectivity index (χ1v) is 12.0. The zero-order valence-electron chi connectivity index (χ0n) is 18.7. The number of piperazine rings is 1. The molecule has 1 fully saturated rings. The fourth-order valence-electron chi connectivity index (χ4n) is 3.51. The number of fused-ring (bicyclic) bond motifs is 1. The van der Waals surface area contributed by atoms with Crippen LogP contribution in [0, 0.1) is 0 Å². The lowest BCUT2D eigenvalue weighted by molar-refractivity contribution is 0.0240. The number of carbonyl (C=O) groups is 1. The number of benzene rings is 1. The summed E-state index contributed by atoms with van der Waals surface area (Å²) in [6, 6.07) is 6.98. The number of nitrogens with two attached hydrogens (primary N) is 1. The number of amides is 1. The predicted octanol–water partition coefficient (Wildman–Crippen LogP) is 2.40. The van der Waals surface area contributed by atoms with Crippen LogP contribution in [-0.4, -0.2) is 66.1 Å². The van der Waals surface area contributed by atoms with Crippen LogP contribution in [0.1, 0.15) is 20.8 Å². The van der Waals surface area contributed by atoms with Crippen molar-refractivity contribution >= 4 is 33.0 Å². The normalized spacial score (nSPS) is 15.0. The molecule has 0 aliphatic carbocycles. The molecule has 0 bridgehead atoms. The van der Waals surface area contributed by atoms with Crippen LogP contribution in [0.25, 0.3) is 22.2 Å². The van der Waals surface area contributed by atoms with E-state index in [-0.39, 0.29) is 11.0 Å². The van der Waals surface area contributed by atoms with Gasteiger partial charge < -0.3 is 14.5 Å². The highest BCUT2D eigenvalue weighted by Gasteiger charge is 2.26. The maximum atomic E-state index is 12.3. The summed E-state index contributed by atoms with van der Waals surface area (Å²) in [4.78, 5) is 29.3. The Morgan fingerprint density at radius 1 is 1.00 bits per heavy atom. The van der Waals surface area contributed by atoms with E-state index in [4.69, 9.17) is 14.9 Å². The lowest BCUT2D eigenvalue weighted by Crippen LogP contribution is -2.50. The Morgan fingerprint density at radius 2 is 1.73 bits per heavy atom. The number of pyridine rings is 1. The van der Waals surface area contributed by atoms with Crippen molar-refractivity contribution in [3.8, 4) is 11.1 Å². The number of rotatable bonds is 3. The second kappa shape index (κ2) is 8.56. The molecule has 0 saturated carbocycles. The summed E-state index contributed by atoms with van der Waals surface area (Å²) in [7, 11) is -3.85. The van der Waals surface area contributed by atoms with E-state index >= 15 is 0 Å². The molecule has 3 aromatic rings. The van der Waals surface area contributed by atoms with Crippen LogP contribution in [0.3, 0.4) is 0 Å². The van der Waals surface area contributed by atoms with Gasteiger partial charge in [-0.1, -0.05) is 6.07 Å². The van der Waals surface area contributed by atoms with E-state index in [2.05, 4.69) is 14.9 Å². The minimum Gasteiger partial charge on any atom is -0.444 e. The number of aromatic nitrogens is 3. The van der Waals surface area contributed by atoms with E-state index in [0.717, 1.165) is 5.56 Å². The smallest absolute Gasteiger partial charge is 0.410 e. The number of ether oxygens (including phenoxy) is 1. The van der Waals surface area contributed by atoms with Crippen LogP contribution in [0.15, 0.2) is 47.8 Å². The SMILES string of the molecule is CC(C)(C)OC(=O)N1CCN(c2cnc3ccc(-c4cncc(S(N)(=O)=O)c4)cc3n2)CC1. The number of nitrogens with zero attached hydrogens (tertiary/aromatic N) is 5. The Hall–Kier alpha value is -3.31. The summed E-state index contributed by atoms with van der Waals surface area (Å²) in [6.45, 7) is 7.82. The van der Waals surface area contributed by atoms with E-state index < -0.39 is 15.6 Å². The third-order valence-corrected chi connectivity index (χ3v) is 6.04. The maximum Gasteiger partial charge on any atom is 0.410 e. The Bertz CT molecular complexity index is 1300. The molecule has 4 rings (SSSR count). The molecule has 0 unspecified atom stereocenters. The molecule has 2 aromatic heterocycles. The molecule has 3 heterocycles. The molecule has 1 aromatic carbocycles. The highest BCUT2D eigenvalue weighted by atomic mass is 32.2. The molecule has 174 valence electrons. The van der Waals surface area contributed by atoms with Crippen molar-refractivity contribution in [1.82, 2.24) is 19.9 Å². The Balaban J connectivity index is 1.54. The summed E-state index contributed by atoms with van der Waals surface area (Å²) in [5, 5.41) is 5.23. The summed E-state index contributed by atoms with van der Waals surface area (Å²) in [5.41, 5.74) is 2.22. The van der Waals surface area contributed by atoms with Crippen molar-refractivity contribution in [2.75, 3.05) is 31.1 Å². The van der Waals surface area contributed by atoms with Crippen LogP contribution >= 0.6 is 0 Å². The third kappa shape index (κ3) is 5.37. The van der Waals surface area contributed by atoms with E-state index in [1.54, 1.807) is 17.3 Å². The largest absolute Gasteiger partial charge is 0.444 e. The van der Waals surface area contributed by atoms with Gasteiger partial charge in [-0.05, 0) is 44.5 Å². The maximum absolute atomic E-state index is 12.3. The Kier molecular flexibility index (Phi) is 5.93. The first-order valence-electron chi connectivity index (χ1n) is 10.5. The van der Waals surface area contributed by atoms with Gasteiger partial charge in [0.15, 0.2) is 0 Å². The fraction of sp³-hybridized carbons (Fsp3) is 0.364. The number of anilines is 1. The van der Waals surface area contributed by atoms with Crippen molar-refractivity contribution in [2.24, 2.45) is 5.14 Å². The molecular weight excluding hydrogens is 444 g/mol. The monoisotopic (exact) mass is 470 g/mol. The summed E-state index contributed by atoms with van der Waals surface area (Å²) < 4.78 is 28.8. The van der Waals surface area contributed by atoms with Crippen LogP contribution in [0.4, 0.5) is 10.6 Å². The zero-order chi connectivity index (χ0) is 23.8. The van der Waals surface area contributed by atoms with Gasteiger partial charge in [-0.3, -0.25) is 9.97 Å². The van der Waals surface area contributed by atoms with Gasteiger partial charge in [0.2, 0.25) is 10.0 Å². The van der Waals surface area contributed by atoms with Gasteiger partial charge in [0.05, 0.1) is 17.2 Å². The molecular formula is C22H26N6O4S. The molecule has 0 radical (unpaired) electrons. The molecule has 1 aliphatic heterocycles. The predicted molar refractivity (Wildman–Crippen MR) is 124 cm³/mol. The summed E-state index contributed by atoms with van der Waals surface area (Å²) in [6.07, 6.45) is 4.19. The molecule has 1 aliphatic rings. The first-order chi connectivity index (χ1) is 15.5. The van der Waals surface area contributed by atoms with Gasteiger partial charge in [-0.15, -0.1) is 0 Å². The topological polar surface area (TPSA) is 132 Å². The Morgan fingerprint density at radius 3 is 2.39 bits per heavy atom. The fourth-order valence-corrected chi connectivity index (χ4v) is 4.01. The third-order valence-electron chi connectivity index (χ3n) is 5.16. The van der Waals surface area contributed by atoms with Gasteiger partial charge in [0.1, 0.15) is 16.3 Å². The van der Waals surface area contributed by atoms with Crippen LogP contribution in [-0.2, 0) is 14.8 Å². The first kappa shape index (κ1) is 22.9. The lowest BCUT2D eigenvalue weighted by Gasteiger charge is -2.36. The van der Waals surface area contributed by atoms with E-state index in [0.29, 0.717) is 48.6 Å². The van der Waals surface area contributed by atoms with Gasteiger partial charge in [-0.25, -0.2) is 23.3 Å². The molecule has 33 heavy (non-hydrogen) atoms. The van der Waals surface area contributed by atoms with Gasteiger partial charge in [-0.2, -0.15) is 0 Å². The standard InChI is InChI=1S/C22H26N6O4S/c1-22(2,3)32-21(29)28-8-6-27(7-9-28)20-14-25-18-5-4-15(11-19(18)26-20)16-10-17(13-24-12-16)33(23,30)31/h4-5,10-14H,6-9H2,1-3H3,(H2,23,30,31). The van der Waals surface area contributed by atoms with Crippen LogP contribution < -0.4 is 10.0 Å². The van der Waals surface area contributed by atoms with Crippen molar-refractivity contribution in [3.63, 3.8) is 0 Å². The van der Waals surface area contributed by atoms with Crippen molar-refractivity contribution in [2.45, 2.75) is 31.3 Å². The van der Waals surface area contributed by atoms with Crippen molar-refractivity contribution in [3.05, 3.63) is 42.9 Å². The quantitative estimate of drug-likeness (QED) is 0.617. The number of primary sulfonamides is 1. The molecule has 2 N–H and O–H groups in total. The number of sulfonamides is 1. The van der Waals surface area contributed by atoms with Crippen LogP contribution in [0.2, 0.25) is 0 Å². The Labute approximate surface area is 192 Å². The second-order valence-corrected chi connectivity index (χ2v) is 10.4. The number of hydrogen-bond donors (Lipinski definition) is 1. The average Bonchev–Trinajstić information content (AvgIpc) is 2.77. The molecule has 0 spiro atoms. The minimum atomic E-state index is -3.85. The van der Waals surface area contributed by atoms with Gasteiger partial charge in [0.25, 0.3) is 0 Å². The van der Waals surface area contributed by atoms with E-state index in [9.17, 15) is 13.2 Å². The number of carbonyl (C=O) groups excluding carboxylic acids is 1. The van der Waals surface area contributed by atoms with Crippen LogP contribution in [0.5, 0.6) is 0 Å². The average molecular weight is 471 g/mol. The second-order valence-electron chi connectivity index (χ2n) is 8.84. The molecule has 10 nitrogen and oxygen atoms in total. The number of hydrogen-bond acceptors (Lipinski definition) is 8. The van der Waals surface area contributed by atoms with Gasteiger partial charge >= 0.3 is 6.09 Å². The highest BCUT2D eigenvalue weighted by Crippen LogP contribution is 2.25. The highest BCUT2D eigenvalue weighted by molar-refractivity contribution is 7.89. The van der Waals surface area contributed by atoms with E-state index in [1.807, 2.05) is 39.0 Å². The van der Waals surface area contributed by atoms with Gasteiger partial charge in [0, 0.05) is 44.1 Å². The minimum absolute atomic E-state index is 0.0530. The molecule has 11 heteroatoms. The zero-order valence-corrected chi connectivity index (χ0v) is 19.5. The lowest BCUT2D eigenvalue weighted by atomic mass is 10.1. The van der Waals surface area contributed by atoms with E-state index in [1.165, 1.54) is 12.3 Å².